The maximum absolute atomic E-state index is 2.30. The Kier molecular flexibility index (Phi) is 1.36. The summed E-state index contributed by atoms with van der Waals surface area (Å²) in [5, 5.41) is 0. The fraction of sp³-hybridized carbons (Fsp3) is 0.667. The normalized spacial score (nSPS) is 24.0. The topological polar surface area (TPSA) is 0 Å². The van der Waals surface area contributed by atoms with Gasteiger partial charge < -0.3 is 0 Å². The Labute approximate surface area is 37.5 Å². The zero-order chi connectivity index (χ0) is 3.54. The van der Waals surface area contributed by atoms with Crippen LogP contribution in [-0.2, 0) is 0 Å². The molecule has 0 N–H and O–H groups in total. The third-order valence-electron chi connectivity index (χ3n) is 0.487. The van der Waals surface area contributed by atoms with E-state index in [-0.39, 0.29) is 0 Å². The second-order valence-corrected chi connectivity index (χ2v) is 3.56. The fourth-order valence-electron chi connectivity index (χ4n) is 0.264. The molecular formula is C3H5PS. The van der Waals surface area contributed by atoms with Crippen molar-refractivity contribution in [2.24, 2.45) is 0 Å². The van der Waals surface area contributed by atoms with Crippen LogP contribution in [0, 0.1) is 0 Å². The van der Waals surface area contributed by atoms with Gasteiger partial charge in [-0.2, -0.15) is 0 Å². The molecule has 0 aromatic carbocycles. The smallest absolute Gasteiger partial charge is 0.00568 e. The first kappa shape index (κ1) is 3.70. The van der Waals surface area contributed by atoms with Gasteiger partial charge in [0.1, 0.15) is 0 Å². The average molecular weight is 104 g/mol. The van der Waals surface area contributed by atoms with Crippen molar-refractivity contribution in [3.05, 3.63) is 0 Å². The summed E-state index contributed by atoms with van der Waals surface area (Å²) in [4.78, 5) is 0. The molecule has 0 saturated heterocycles. The summed E-state index contributed by atoms with van der Waals surface area (Å²) in [5.41, 5.74) is 0. The lowest BCUT2D eigenvalue weighted by Crippen LogP contribution is -1.62. The molecule has 0 spiro atoms. The van der Waals surface area contributed by atoms with Crippen molar-refractivity contribution in [1.29, 1.82) is 0 Å². The Hall–Kier alpha value is 0.520. The van der Waals surface area contributed by atoms with Gasteiger partial charge in [0, 0.05) is 5.75 Å². The van der Waals surface area contributed by atoms with E-state index in [1.165, 1.54) is 19.6 Å². The number of hydrogen-bond acceptors (Lipinski definition) is 1. The Balaban J connectivity index is 2.32. The maximum atomic E-state index is 2.30. The molecule has 0 aliphatic carbocycles. The molecule has 1 heterocycles. The van der Waals surface area contributed by atoms with E-state index >= 15 is 0 Å². The van der Waals surface area contributed by atoms with Gasteiger partial charge in [0.25, 0.3) is 0 Å². The van der Waals surface area contributed by atoms with Gasteiger partial charge in [-0.15, -0.1) is 11.4 Å². The van der Waals surface area contributed by atoms with Crippen LogP contribution in [-0.4, -0.2) is 11.5 Å². The minimum atomic E-state index is 1.33. The first-order valence-corrected chi connectivity index (χ1v) is 4.19. The van der Waals surface area contributed by atoms with Gasteiger partial charge in [0.2, 0.25) is 0 Å². The second-order valence-electron chi connectivity index (χ2n) is 0.910. The second kappa shape index (κ2) is 1.84. The van der Waals surface area contributed by atoms with Crippen LogP contribution in [0.4, 0.5) is 0 Å². The molecule has 5 heavy (non-hydrogen) atoms. The van der Waals surface area contributed by atoms with Crippen LogP contribution in [0.15, 0.2) is 0 Å². The molecule has 0 bridgehead atoms. The number of rotatable bonds is 0. The Morgan fingerprint density at radius 3 is 3.00 bits per heavy atom. The van der Waals surface area contributed by atoms with Gasteiger partial charge in [-0.3, -0.25) is 0 Å². The largest absolute Gasteiger partial charge is 0.102 e. The van der Waals surface area contributed by atoms with Gasteiger partial charge in [-0.05, 0) is 19.6 Å². The highest BCUT2D eigenvalue weighted by molar-refractivity contribution is 8.49. The minimum Gasteiger partial charge on any atom is -0.102 e. The predicted octanol–water partition coefficient (Wildman–Crippen LogP) is 1.79. The summed E-state index contributed by atoms with van der Waals surface area (Å²) in [6.45, 7) is 0. The van der Waals surface area contributed by atoms with Crippen LogP contribution in [0.1, 0.15) is 6.42 Å². The average Bonchev–Trinajstić information content (AvgIpc) is 1.76. The van der Waals surface area contributed by atoms with Crippen molar-refractivity contribution in [3.8, 4) is 0 Å². The van der Waals surface area contributed by atoms with Crippen LogP contribution in [0.3, 0.4) is 0 Å². The molecule has 0 saturated carbocycles. The van der Waals surface area contributed by atoms with Crippen molar-refractivity contribution in [3.63, 3.8) is 0 Å². The third-order valence-corrected chi connectivity index (χ3v) is 2.90. The van der Waals surface area contributed by atoms with E-state index in [0.717, 1.165) is 0 Å². The van der Waals surface area contributed by atoms with Crippen LogP contribution < -0.4 is 0 Å². The molecule has 28 valence electrons. The van der Waals surface area contributed by atoms with E-state index in [4.69, 9.17) is 0 Å². The van der Waals surface area contributed by atoms with Crippen LogP contribution in [0.5, 0.6) is 0 Å². The summed E-state index contributed by atoms with van der Waals surface area (Å²) in [7, 11) is 1.48. The third kappa shape index (κ3) is 0.942. The molecule has 1 rings (SSSR count). The summed E-state index contributed by atoms with van der Waals surface area (Å²) in [6.07, 6.45) is 1.33. The molecule has 2 heteroatoms. The highest BCUT2D eigenvalue weighted by atomic mass is 32.7. The predicted molar refractivity (Wildman–Crippen MR) is 30.1 cm³/mol. The van der Waals surface area contributed by atoms with E-state index in [1.54, 1.807) is 0 Å². The van der Waals surface area contributed by atoms with Gasteiger partial charge in [-0.1, -0.05) is 0 Å². The lowest BCUT2D eigenvalue weighted by atomic mass is 10.6. The first-order chi connectivity index (χ1) is 2.50. The summed E-state index contributed by atoms with van der Waals surface area (Å²) in [5.74, 6) is 3.65. The van der Waals surface area contributed by atoms with Crippen molar-refractivity contribution < 1.29 is 0 Å². The van der Waals surface area contributed by atoms with Gasteiger partial charge in [0.15, 0.2) is 0 Å². The molecule has 1 aliphatic rings. The van der Waals surface area contributed by atoms with E-state index in [9.17, 15) is 0 Å². The van der Waals surface area contributed by atoms with E-state index in [2.05, 4.69) is 5.80 Å². The zero-order valence-corrected chi connectivity index (χ0v) is 4.56. The molecule has 0 amide bonds. The molecular weight excluding hydrogens is 99.1 g/mol. The first-order valence-electron chi connectivity index (χ1n) is 1.64. The molecule has 1 aliphatic heterocycles. The monoisotopic (exact) mass is 104 g/mol. The molecule has 0 radical (unpaired) electrons. The van der Waals surface area contributed by atoms with E-state index in [0.29, 0.717) is 0 Å². The Bertz CT molecular complexity index is 44.9. The molecule has 0 nitrogen and oxygen atoms in total. The molecule has 0 fully saturated rings. The lowest BCUT2D eigenvalue weighted by Gasteiger charge is -1.68. The van der Waals surface area contributed by atoms with Crippen molar-refractivity contribution in [2.75, 3.05) is 5.75 Å². The number of hydrogen-bond donors (Lipinski definition) is 0. The maximum Gasteiger partial charge on any atom is 0.00568 e. The molecule has 0 aromatic heterocycles. The molecule has 0 aromatic rings. The van der Waals surface area contributed by atoms with Gasteiger partial charge in [-0.25, -0.2) is 0 Å². The summed E-state index contributed by atoms with van der Waals surface area (Å²) >= 11 is 1.99. The van der Waals surface area contributed by atoms with E-state index in [1.807, 2.05) is 11.4 Å². The Morgan fingerprint density at radius 2 is 2.80 bits per heavy atom. The molecule has 0 unspecified atom stereocenters. The van der Waals surface area contributed by atoms with Crippen LogP contribution >= 0.6 is 18.8 Å². The van der Waals surface area contributed by atoms with Crippen molar-refractivity contribution >= 4 is 24.6 Å². The highest BCUT2D eigenvalue weighted by Crippen LogP contribution is 2.24. The fourth-order valence-corrected chi connectivity index (χ4v) is 2.37. The quantitative estimate of drug-likeness (QED) is 0.422. The summed E-state index contributed by atoms with van der Waals surface area (Å²) < 4.78 is 0. The SMILES string of the molecule is C1=PSCC1. The van der Waals surface area contributed by atoms with Gasteiger partial charge in [0.05, 0.1) is 0 Å². The van der Waals surface area contributed by atoms with Gasteiger partial charge >= 0.3 is 0 Å². The highest BCUT2D eigenvalue weighted by Gasteiger charge is 1.86. The summed E-state index contributed by atoms with van der Waals surface area (Å²) in [6, 6.07) is 0. The Morgan fingerprint density at radius 1 is 1.80 bits per heavy atom. The zero-order valence-electron chi connectivity index (χ0n) is 2.85. The lowest BCUT2D eigenvalue weighted by molar-refractivity contribution is 1.39. The standard InChI is InChI=1S/C3H5PS/c1-2-4-5-3-1/h2H,1,3H2. The van der Waals surface area contributed by atoms with Crippen molar-refractivity contribution in [2.45, 2.75) is 6.42 Å². The van der Waals surface area contributed by atoms with Crippen LogP contribution in [0.25, 0.3) is 0 Å². The van der Waals surface area contributed by atoms with Crippen molar-refractivity contribution in [1.82, 2.24) is 0 Å². The van der Waals surface area contributed by atoms with E-state index < -0.39 is 0 Å². The molecule has 0 atom stereocenters. The minimum absolute atomic E-state index is 1.33. The van der Waals surface area contributed by atoms with Crippen LogP contribution in [0.2, 0.25) is 0 Å².